The predicted molar refractivity (Wildman–Crippen MR) is 94.2 cm³/mol. The van der Waals surface area contributed by atoms with Crippen molar-refractivity contribution in [3.63, 3.8) is 0 Å². The number of fused-ring (bicyclic) bond motifs is 10. The molecule has 3 aliphatic carbocycles. The molecule has 3 heteroatoms. The zero-order chi connectivity index (χ0) is 16.6. The molecule has 3 nitrogen and oxygen atoms in total. The number of non-ortho nitro benzene ring substituents is 1. The van der Waals surface area contributed by atoms with Gasteiger partial charge in [0.2, 0.25) is 0 Å². The van der Waals surface area contributed by atoms with Gasteiger partial charge in [-0.15, -0.1) is 0 Å². The number of hydrogen-bond acceptors (Lipinski definition) is 2. The van der Waals surface area contributed by atoms with Gasteiger partial charge in [-0.3, -0.25) is 10.1 Å². The number of aryl methyl sites for hydroxylation is 2. The van der Waals surface area contributed by atoms with Gasteiger partial charge in [0.05, 0.1) is 4.92 Å². The van der Waals surface area contributed by atoms with E-state index in [2.05, 4.69) is 38.1 Å². The first-order valence-electron chi connectivity index (χ1n) is 8.63. The molecular formula is C21H19NO2. The van der Waals surface area contributed by atoms with Crippen molar-refractivity contribution in [2.24, 2.45) is 11.8 Å². The van der Waals surface area contributed by atoms with Crippen molar-refractivity contribution in [3.05, 3.63) is 74.9 Å². The topological polar surface area (TPSA) is 43.1 Å². The van der Waals surface area contributed by atoms with Crippen LogP contribution in [0, 0.1) is 35.8 Å². The Kier molecular flexibility index (Phi) is 2.66. The highest BCUT2D eigenvalue weighted by molar-refractivity contribution is 5.78. The zero-order valence-electron chi connectivity index (χ0n) is 13.8. The van der Waals surface area contributed by atoms with E-state index in [1.54, 1.807) is 6.07 Å². The molecule has 24 heavy (non-hydrogen) atoms. The van der Waals surface area contributed by atoms with Gasteiger partial charge in [0, 0.05) is 12.1 Å². The van der Waals surface area contributed by atoms with Gasteiger partial charge in [-0.1, -0.05) is 24.3 Å². The Morgan fingerprint density at radius 2 is 1.54 bits per heavy atom. The second-order valence-corrected chi connectivity index (χ2v) is 7.55. The lowest BCUT2D eigenvalue weighted by Gasteiger charge is -2.37. The molecule has 4 unspecified atom stereocenters. The Balaban J connectivity index is 1.82. The Morgan fingerprint density at radius 1 is 0.917 bits per heavy atom. The van der Waals surface area contributed by atoms with Crippen molar-refractivity contribution in [2.45, 2.75) is 32.1 Å². The number of hydrogen-bond donors (Lipinski definition) is 0. The minimum absolute atomic E-state index is 0.214. The second-order valence-electron chi connectivity index (χ2n) is 7.55. The van der Waals surface area contributed by atoms with E-state index >= 15 is 0 Å². The SMILES string of the molecule is Cc1cc2c(cc1C)C1C3C=CC(C3)C1c1cc([N+](=O)[O-])ccc1-2. The largest absolute Gasteiger partial charge is 0.269 e. The molecule has 0 aromatic heterocycles. The molecule has 2 aromatic rings. The highest BCUT2D eigenvalue weighted by Gasteiger charge is 2.49. The standard InChI is InChI=1S/C21H19NO2/c1-11-7-17-16-6-5-15(22(23)24)10-19(16)21-14-4-3-13(9-14)20(21)18(17)8-12(11)2/h3-8,10,13-14,20-21H,9H2,1-2H3. The van der Waals surface area contributed by atoms with Gasteiger partial charge < -0.3 is 0 Å². The molecule has 120 valence electrons. The molecule has 0 amide bonds. The summed E-state index contributed by atoms with van der Waals surface area (Å²) in [5.74, 6) is 1.97. The van der Waals surface area contributed by atoms with E-state index in [4.69, 9.17) is 0 Å². The number of nitrogens with zero attached hydrogens (tertiary/aromatic N) is 1. The lowest BCUT2D eigenvalue weighted by atomic mass is 9.67. The van der Waals surface area contributed by atoms with Crippen LogP contribution in [0.3, 0.4) is 0 Å². The Hall–Kier alpha value is -2.42. The fraction of sp³-hybridized carbons (Fsp3) is 0.333. The number of allylic oxidation sites excluding steroid dienone is 2. The minimum atomic E-state index is -0.270. The second kappa shape index (κ2) is 4.56. The van der Waals surface area contributed by atoms with Crippen LogP contribution in [0.1, 0.15) is 40.5 Å². The Labute approximate surface area is 141 Å². The zero-order valence-corrected chi connectivity index (χ0v) is 13.8. The minimum Gasteiger partial charge on any atom is -0.258 e. The van der Waals surface area contributed by atoms with Crippen LogP contribution in [0.5, 0.6) is 0 Å². The maximum Gasteiger partial charge on any atom is 0.269 e. The van der Waals surface area contributed by atoms with Crippen LogP contribution >= 0.6 is 0 Å². The number of rotatable bonds is 1. The average Bonchev–Trinajstić information content (AvgIpc) is 3.18. The molecule has 0 saturated heterocycles. The van der Waals surface area contributed by atoms with E-state index in [9.17, 15) is 10.1 Å². The average molecular weight is 317 g/mol. The first kappa shape index (κ1) is 14.0. The van der Waals surface area contributed by atoms with Gasteiger partial charge in [-0.2, -0.15) is 0 Å². The molecule has 1 saturated carbocycles. The van der Waals surface area contributed by atoms with Crippen molar-refractivity contribution in [1.29, 1.82) is 0 Å². The van der Waals surface area contributed by atoms with Crippen LogP contribution < -0.4 is 0 Å². The van der Waals surface area contributed by atoms with E-state index in [0.717, 1.165) is 0 Å². The molecular weight excluding hydrogens is 298 g/mol. The third-order valence-electron chi connectivity index (χ3n) is 6.38. The summed E-state index contributed by atoms with van der Waals surface area (Å²) in [6, 6.07) is 10.1. The van der Waals surface area contributed by atoms with Crippen LogP contribution in [0.4, 0.5) is 5.69 Å². The first-order chi connectivity index (χ1) is 11.5. The smallest absolute Gasteiger partial charge is 0.258 e. The molecule has 4 atom stereocenters. The first-order valence-corrected chi connectivity index (χ1v) is 8.63. The highest BCUT2D eigenvalue weighted by atomic mass is 16.6. The molecule has 3 aliphatic rings. The Morgan fingerprint density at radius 3 is 2.21 bits per heavy atom. The van der Waals surface area contributed by atoms with Gasteiger partial charge in [0.25, 0.3) is 5.69 Å². The summed E-state index contributed by atoms with van der Waals surface area (Å²) in [5, 5.41) is 11.3. The van der Waals surface area contributed by atoms with Gasteiger partial charge in [0.15, 0.2) is 0 Å². The number of nitro groups is 1. The third kappa shape index (κ3) is 1.67. The van der Waals surface area contributed by atoms with Gasteiger partial charge in [-0.05, 0) is 83.4 Å². The molecule has 2 bridgehead atoms. The lowest BCUT2D eigenvalue weighted by molar-refractivity contribution is -0.384. The monoisotopic (exact) mass is 317 g/mol. The fourth-order valence-electron chi connectivity index (χ4n) is 5.20. The molecule has 0 heterocycles. The van der Waals surface area contributed by atoms with Crippen LogP contribution in [0.2, 0.25) is 0 Å². The molecule has 0 aliphatic heterocycles. The van der Waals surface area contributed by atoms with E-state index in [-0.39, 0.29) is 10.6 Å². The van der Waals surface area contributed by atoms with Gasteiger partial charge in [-0.25, -0.2) is 0 Å². The van der Waals surface area contributed by atoms with E-state index in [0.29, 0.717) is 23.7 Å². The molecule has 0 radical (unpaired) electrons. The van der Waals surface area contributed by atoms with Crippen molar-refractivity contribution in [1.82, 2.24) is 0 Å². The third-order valence-corrected chi connectivity index (χ3v) is 6.38. The summed E-state index contributed by atoms with van der Waals surface area (Å²) in [6.07, 6.45) is 5.89. The van der Waals surface area contributed by atoms with Crippen LogP contribution in [0.25, 0.3) is 11.1 Å². The Bertz CT molecular complexity index is 928. The summed E-state index contributed by atoms with van der Waals surface area (Å²) in [6.45, 7) is 4.33. The summed E-state index contributed by atoms with van der Waals surface area (Å²) in [5.41, 5.74) is 7.94. The quantitative estimate of drug-likeness (QED) is 0.409. The van der Waals surface area contributed by atoms with Crippen molar-refractivity contribution in [2.75, 3.05) is 0 Å². The van der Waals surface area contributed by atoms with Gasteiger partial charge >= 0.3 is 0 Å². The van der Waals surface area contributed by atoms with E-state index < -0.39 is 0 Å². The van der Waals surface area contributed by atoms with Crippen molar-refractivity contribution < 1.29 is 4.92 Å². The van der Waals surface area contributed by atoms with Crippen LogP contribution in [-0.2, 0) is 0 Å². The normalized spacial score (nSPS) is 28.4. The maximum atomic E-state index is 11.3. The lowest BCUT2D eigenvalue weighted by Crippen LogP contribution is -2.22. The van der Waals surface area contributed by atoms with Crippen molar-refractivity contribution in [3.8, 4) is 11.1 Å². The summed E-state index contributed by atoms with van der Waals surface area (Å²) < 4.78 is 0. The van der Waals surface area contributed by atoms with Crippen LogP contribution in [0.15, 0.2) is 42.5 Å². The van der Waals surface area contributed by atoms with Crippen LogP contribution in [-0.4, -0.2) is 4.92 Å². The molecule has 0 spiro atoms. The van der Waals surface area contributed by atoms with E-state index in [1.165, 1.54) is 39.8 Å². The molecule has 1 fully saturated rings. The highest BCUT2D eigenvalue weighted by Crippen LogP contribution is 2.63. The van der Waals surface area contributed by atoms with Crippen molar-refractivity contribution >= 4 is 5.69 Å². The summed E-state index contributed by atoms with van der Waals surface area (Å²) in [7, 11) is 0. The number of nitro benzene ring substituents is 1. The van der Waals surface area contributed by atoms with E-state index in [1.807, 2.05) is 12.1 Å². The summed E-state index contributed by atoms with van der Waals surface area (Å²) in [4.78, 5) is 11.0. The molecule has 5 rings (SSSR count). The fourth-order valence-corrected chi connectivity index (χ4v) is 5.20. The summed E-state index contributed by atoms with van der Waals surface area (Å²) >= 11 is 0. The molecule has 2 aromatic carbocycles. The maximum absolute atomic E-state index is 11.3. The van der Waals surface area contributed by atoms with Gasteiger partial charge in [0.1, 0.15) is 0 Å². The number of benzene rings is 2. The molecule has 0 N–H and O–H groups in total. The predicted octanol–water partition coefficient (Wildman–Crippen LogP) is 5.27.